The molecule has 11 heteroatoms. The molecule has 5 rings (SSSR count). The summed E-state index contributed by atoms with van der Waals surface area (Å²) in [6.07, 6.45) is 2.98. The van der Waals surface area contributed by atoms with Crippen molar-refractivity contribution in [3.05, 3.63) is 61.3 Å². The quantitative estimate of drug-likeness (QED) is 0.387. The average molecular weight is 546 g/mol. The minimum atomic E-state index is -0.297. The van der Waals surface area contributed by atoms with Gasteiger partial charge in [-0.25, -0.2) is 4.98 Å². The maximum Gasteiger partial charge on any atom is 0.248 e. The van der Waals surface area contributed by atoms with E-state index in [1.54, 1.807) is 31.5 Å². The van der Waals surface area contributed by atoms with E-state index in [0.29, 0.717) is 49.6 Å². The summed E-state index contributed by atoms with van der Waals surface area (Å²) in [6.45, 7) is 10.1. The van der Waals surface area contributed by atoms with Crippen molar-refractivity contribution in [2.45, 2.75) is 0 Å². The number of likely N-dealkylation sites (N-methyl/N-ethyl adjacent to an activating group) is 1. The molecule has 1 amide bonds. The van der Waals surface area contributed by atoms with E-state index in [2.05, 4.69) is 50.0 Å². The molecule has 0 aliphatic carbocycles. The van der Waals surface area contributed by atoms with Crippen LogP contribution in [0.15, 0.2) is 61.3 Å². The number of carbonyl (C=O) groups is 1. The molecule has 2 N–H and O–H groups in total. The maximum atomic E-state index is 11.8. The Bertz CT molecular complexity index is 1340. The van der Waals surface area contributed by atoms with Gasteiger partial charge in [-0.05, 0) is 37.4 Å². The third-order valence-electron chi connectivity index (χ3n) is 6.87. The highest BCUT2D eigenvalue weighted by Gasteiger charge is 2.21. The number of benzene rings is 2. The third-order valence-corrected chi connectivity index (χ3v) is 6.87. The summed E-state index contributed by atoms with van der Waals surface area (Å²) in [6, 6.07) is 13.2. The van der Waals surface area contributed by atoms with Gasteiger partial charge in [-0.15, -0.1) is 0 Å². The van der Waals surface area contributed by atoms with E-state index >= 15 is 0 Å². The minimum Gasteiger partial charge on any atom is -0.495 e. The molecular formula is C29H35N7O4. The monoisotopic (exact) mass is 545 g/mol. The molecular weight excluding hydrogens is 510 g/mol. The molecule has 11 nitrogen and oxygen atoms in total. The molecule has 210 valence electrons. The van der Waals surface area contributed by atoms with Crippen molar-refractivity contribution >= 4 is 34.6 Å². The van der Waals surface area contributed by atoms with Gasteiger partial charge >= 0.3 is 0 Å². The van der Waals surface area contributed by atoms with Crippen LogP contribution in [0.3, 0.4) is 0 Å². The number of amides is 1. The first-order valence-corrected chi connectivity index (χ1v) is 13.3. The van der Waals surface area contributed by atoms with Crippen LogP contribution in [0.4, 0.5) is 28.7 Å². The molecule has 40 heavy (non-hydrogen) atoms. The molecule has 0 saturated carbocycles. The highest BCUT2D eigenvalue weighted by molar-refractivity contribution is 5.98. The Morgan fingerprint density at radius 1 is 1.00 bits per heavy atom. The number of aromatic nitrogens is 2. The number of piperazine rings is 1. The molecule has 2 aliphatic heterocycles. The second kappa shape index (κ2) is 12.7. The fourth-order valence-electron chi connectivity index (χ4n) is 4.65. The zero-order chi connectivity index (χ0) is 27.9. The van der Waals surface area contributed by atoms with Gasteiger partial charge in [-0.3, -0.25) is 4.79 Å². The Kier molecular flexibility index (Phi) is 8.62. The van der Waals surface area contributed by atoms with E-state index in [4.69, 9.17) is 19.2 Å². The second-order valence-corrected chi connectivity index (χ2v) is 9.61. The van der Waals surface area contributed by atoms with Crippen LogP contribution in [0.25, 0.3) is 0 Å². The van der Waals surface area contributed by atoms with Crippen LogP contribution in [0.5, 0.6) is 17.4 Å². The van der Waals surface area contributed by atoms with Crippen LogP contribution >= 0.6 is 0 Å². The molecule has 3 aromatic rings. The summed E-state index contributed by atoms with van der Waals surface area (Å²) in [4.78, 5) is 27.9. The molecule has 2 aromatic carbocycles. The Labute approximate surface area is 234 Å². The third kappa shape index (κ3) is 6.61. The van der Waals surface area contributed by atoms with Crippen LogP contribution in [-0.2, 0) is 9.53 Å². The Morgan fingerprint density at radius 2 is 1.77 bits per heavy atom. The van der Waals surface area contributed by atoms with Gasteiger partial charge < -0.3 is 39.5 Å². The number of nitrogens with one attached hydrogen (secondary N) is 2. The highest BCUT2D eigenvalue weighted by atomic mass is 16.5. The van der Waals surface area contributed by atoms with Crippen LogP contribution in [0, 0.1) is 0 Å². The van der Waals surface area contributed by atoms with Crippen molar-refractivity contribution in [3.8, 4) is 17.4 Å². The number of hydrogen-bond acceptors (Lipinski definition) is 10. The predicted octanol–water partition coefficient (Wildman–Crippen LogP) is 3.73. The van der Waals surface area contributed by atoms with Gasteiger partial charge in [0.05, 0.1) is 32.2 Å². The number of methoxy groups -OCH3 is 1. The van der Waals surface area contributed by atoms with Crippen LogP contribution < -0.4 is 29.9 Å². The lowest BCUT2D eigenvalue weighted by molar-refractivity contribution is -0.111. The Hall–Kier alpha value is -4.35. The van der Waals surface area contributed by atoms with E-state index < -0.39 is 0 Å². The lowest BCUT2D eigenvalue weighted by Gasteiger charge is -2.34. The van der Waals surface area contributed by atoms with Crippen molar-refractivity contribution in [1.82, 2.24) is 14.9 Å². The van der Waals surface area contributed by atoms with Crippen molar-refractivity contribution in [2.75, 3.05) is 87.1 Å². The lowest BCUT2D eigenvalue weighted by Crippen LogP contribution is -2.44. The van der Waals surface area contributed by atoms with Crippen LogP contribution in [0.1, 0.15) is 0 Å². The second-order valence-electron chi connectivity index (χ2n) is 9.61. The summed E-state index contributed by atoms with van der Waals surface area (Å²) in [5.74, 6) is 1.80. The molecule has 2 saturated heterocycles. The van der Waals surface area contributed by atoms with E-state index in [1.165, 1.54) is 6.08 Å². The van der Waals surface area contributed by atoms with Crippen molar-refractivity contribution in [3.63, 3.8) is 0 Å². The number of nitrogens with zero attached hydrogens (tertiary/aromatic N) is 5. The predicted molar refractivity (Wildman–Crippen MR) is 156 cm³/mol. The van der Waals surface area contributed by atoms with Gasteiger partial charge in [0.2, 0.25) is 17.7 Å². The fourth-order valence-corrected chi connectivity index (χ4v) is 4.65. The van der Waals surface area contributed by atoms with E-state index in [1.807, 2.05) is 18.2 Å². The first kappa shape index (κ1) is 27.2. The molecule has 2 fully saturated rings. The number of hydrogen-bond donors (Lipinski definition) is 2. The average Bonchev–Trinajstić information content (AvgIpc) is 2.98. The van der Waals surface area contributed by atoms with Gasteiger partial charge in [0, 0.05) is 62.8 Å². The summed E-state index contributed by atoms with van der Waals surface area (Å²) in [5, 5.41) is 6.05. The number of ether oxygens (including phenoxy) is 3. The maximum absolute atomic E-state index is 11.8. The lowest BCUT2D eigenvalue weighted by atomic mass is 10.2. The zero-order valence-corrected chi connectivity index (χ0v) is 22.9. The van der Waals surface area contributed by atoms with E-state index in [-0.39, 0.29) is 5.91 Å². The van der Waals surface area contributed by atoms with E-state index in [0.717, 1.165) is 49.0 Å². The molecule has 0 unspecified atom stereocenters. The van der Waals surface area contributed by atoms with Gasteiger partial charge in [0.1, 0.15) is 17.2 Å². The Morgan fingerprint density at radius 3 is 2.52 bits per heavy atom. The molecule has 3 heterocycles. The van der Waals surface area contributed by atoms with Crippen LogP contribution in [-0.4, -0.2) is 87.4 Å². The summed E-state index contributed by atoms with van der Waals surface area (Å²) in [7, 11) is 3.82. The topological polar surface area (TPSA) is 104 Å². The summed E-state index contributed by atoms with van der Waals surface area (Å²) < 4.78 is 17.5. The number of carbonyl (C=O) groups excluding carboxylic acids is 1. The van der Waals surface area contributed by atoms with Crippen molar-refractivity contribution < 1.29 is 19.0 Å². The number of anilines is 5. The molecule has 2 aliphatic rings. The highest BCUT2D eigenvalue weighted by Crippen LogP contribution is 2.35. The normalized spacial score (nSPS) is 15.8. The van der Waals surface area contributed by atoms with Crippen molar-refractivity contribution in [2.24, 2.45) is 0 Å². The van der Waals surface area contributed by atoms with Crippen molar-refractivity contribution in [1.29, 1.82) is 0 Å². The molecule has 1 aromatic heterocycles. The van der Waals surface area contributed by atoms with Gasteiger partial charge in [0.25, 0.3) is 0 Å². The zero-order valence-electron chi connectivity index (χ0n) is 22.9. The molecule has 0 atom stereocenters. The number of rotatable bonds is 9. The van der Waals surface area contributed by atoms with Gasteiger partial charge in [0.15, 0.2) is 0 Å². The first-order chi connectivity index (χ1) is 19.5. The first-order valence-electron chi connectivity index (χ1n) is 13.3. The van der Waals surface area contributed by atoms with E-state index in [9.17, 15) is 4.79 Å². The minimum absolute atomic E-state index is 0.297. The molecule has 0 spiro atoms. The van der Waals surface area contributed by atoms with Gasteiger partial charge in [-0.1, -0.05) is 12.6 Å². The van der Waals surface area contributed by atoms with Crippen LogP contribution in [0.2, 0.25) is 0 Å². The SMILES string of the molecule is C=CC(=O)Nc1cccc(Oc2nc(Nc3ccc(N4CCN(C)CC4)c(OC)c3)ncc2N2CCOCC2)c1. The van der Waals surface area contributed by atoms with Gasteiger partial charge in [-0.2, -0.15) is 4.98 Å². The summed E-state index contributed by atoms with van der Waals surface area (Å²) >= 11 is 0. The molecule has 0 radical (unpaired) electrons. The fraction of sp³-hybridized carbons (Fsp3) is 0.345. The largest absolute Gasteiger partial charge is 0.495 e. The molecule has 0 bridgehead atoms. The Balaban J connectivity index is 1.39. The smallest absolute Gasteiger partial charge is 0.248 e. The standard InChI is InChI=1S/C29H35N7O4/c1-4-27(37)31-21-6-5-7-23(18-21)40-28-25(36-14-16-39-17-15-36)20-30-29(33-28)32-22-8-9-24(26(19-22)38-3)35-12-10-34(2)11-13-35/h4-9,18-20H,1,10-17H2,2-3H3,(H,31,37)(H,30,32,33). The summed E-state index contributed by atoms with van der Waals surface area (Å²) in [5.41, 5.74) is 3.22. The number of morpholine rings is 1.